The van der Waals surface area contributed by atoms with Crippen molar-refractivity contribution in [1.29, 1.82) is 0 Å². The number of esters is 1. The molecule has 0 fully saturated rings. The highest BCUT2D eigenvalue weighted by Gasteiger charge is 2.31. The first-order chi connectivity index (χ1) is 7.80. The largest absolute Gasteiger partial charge is 0.468 e. The second-order valence-corrected chi connectivity index (χ2v) is 6.22. The van der Waals surface area contributed by atoms with Crippen LogP contribution in [0.4, 0.5) is 0 Å². The molecule has 1 unspecified atom stereocenters. The number of aryl methyl sites for hydroxylation is 2. The third-order valence-electron chi connectivity index (χ3n) is 2.64. The topological polar surface area (TPSA) is 60.4 Å². The molecule has 1 rings (SSSR count). The smallest absolute Gasteiger partial charge is 0.324 e. The summed E-state index contributed by atoms with van der Waals surface area (Å²) in [6, 6.07) is 5.01. The Labute approximate surface area is 102 Å². The van der Waals surface area contributed by atoms with Crippen LogP contribution in [0.3, 0.4) is 0 Å². The molecule has 1 aromatic carbocycles. The monoisotopic (exact) mass is 256 g/mol. The molecule has 1 aromatic rings. The lowest BCUT2D eigenvalue weighted by Gasteiger charge is -2.13. The summed E-state index contributed by atoms with van der Waals surface area (Å²) in [5, 5.41) is -1.19. The number of hydrogen-bond acceptors (Lipinski definition) is 4. The highest BCUT2D eigenvalue weighted by molar-refractivity contribution is 7.92. The van der Waals surface area contributed by atoms with Gasteiger partial charge in [-0.1, -0.05) is 17.7 Å². The molecule has 0 heterocycles. The van der Waals surface area contributed by atoms with Crippen LogP contribution in [0.5, 0.6) is 0 Å². The van der Waals surface area contributed by atoms with Gasteiger partial charge in [-0.3, -0.25) is 4.79 Å². The number of carbonyl (C=O) groups is 1. The van der Waals surface area contributed by atoms with E-state index < -0.39 is 21.1 Å². The first-order valence-electron chi connectivity index (χ1n) is 5.19. The molecule has 0 saturated heterocycles. The molecule has 0 N–H and O–H groups in total. The van der Waals surface area contributed by atoms with Gasteiger partial charge >= 0.3 is 5.97 Å². The fraction of sp³-hybridized carbons (Fsp3) is 0.417. The summed E-state index contributed by atoms with van der Waals surface area (Å²) in [4.78, 5) is 11.5. The Bertz CT molecular complexity index is 531. The van der Waals surface area contributed by atoms with E-state index in [2.05, 4.69) is 4.74 Å². The first-order valence-corrected chi connectivity index (χ1v) is 6.74. The summed E-state index contributed by atoms with van der Waals surface area (Å²) >= 11 is 0. The second-order valence-electron chi connectivity index (χ2n) is 3.98. The Hall–Kier alpha value is -1.36. The minimum atomic E-state index is -3.67. The van der Waals surface area contributed by atoms with Crippen molar-refractivity contribution in [1.82, 2.24) is 0 Å². The van der Waals surface area contributed by atoms with E-state index in [0.29, 0.717) is 5.56 Å². The molecule has 0 radical (unpaired) electrons. The van der Waals surface area contributed by atoms with Crippen LogP contribution in [0.2, 0.25) is 0 Å². The molecule has 4 nitrogen and oxygen atoms in total. The number of carbonyl (C=O) groups excluding carboxylic acids is 1. The van der Waals surface area contributed by atoms with Crippen LogP contribution < -0.4 is 0 Å². The molecule has 0 saturated carbocycles. The minimum absolute atomic E-state index is 0.181. The van der Waals surface area contributed by atoms with Crippen LogP contribution in [0.1, 0.15) is 18.1 Å². The third-order valence-corrected chi connectivity index (χ3v) is 4.83. The Morgan fingerprint density at radius 3 is 2.35 bits per heavy atom. The van der Waals surface area contributed by atoms with Crippen molar-refractivity contribution in [2.75, 3.05) is 7.11 Å². The van der Waals surface area contributed by atoms with Gasteiger partial charge in [-0.15, -0.1) is 0 Å². The number of benzene rings is 1. The van der Waals surface area contributed by atoms with Gasteiger partial charge in [0.25, 0.3) is 0 Å². The van der Waals surface area contributed by atoms with Gasteiger partial charge in [0.15, 0.2) is 15.1 Å². The number of hydrogen-bond donors (Lipinski definition) is 0. The standard InChI is InChI=1S/C12H16O4S/c1-8-5-6-11(9(2)7-8)17(14,15)10(3)12(13)16-4/h5-7,10H,1-4H3. The first kappa shape index (κ1) is 13.7. The van der Waals surface area contributed by atoms with E-state index in [4.69, 9.17) is 0 Å². The SMILES string of the molecule is COC(=O)C(C)S(=O)(=O)c1ccc(C)cc1C. The lowest BCUT2D eigenvalue weighted by molar-refractivity contribution is -0.139. The van der Waals surface area contributed by atoms with E-state index in [1.54, 1.807) is 19.1 Å². The molecule has 94 valence electrons. The molecule has 0 aromatic heterocycles. The van der Waals surface area contributed by atoms with E-state index in [0.717, 1.165) is 5.56 Å². The normalized spacial score (nSPS) is 13.2. The van der Waals surface area contributed by atoms with E-state index in [-0.39, 0.29) is 4.90 Å². The Morgan fingerprint density at radius 2 is 1.88 bits per heavy atom. The fourth-order valence-electron chi connectivity index (χ4n) is 1.60. The molecular weight excluding hydrogens is 240 g/mol. The summed E-state index contributed by atoms with van der Waals surface area (Å²) in [6.45, 7) is 4.93. The van der Waals surface area contributed by atoms with Crippen LogP contribution in [-0.2, 0) is 19.4 Å². The fourth-order valence-corrected chi connectivity index (χ4v) is 3.10. The Morgan fingerprint density at radius 1 is 1.29 bits per heavy atom. The van der Waals surface area contributed by atoms with Crippen LogP contribution in [0.25, 0.3) is 0 Å². The molecule has 0 aliphatic carbocycles. The van der Waals surface area contributed by atoms with E-state index in [1.807, 2.05) is 6.92 Å². The molecule has 5 heteroatoms. The predicted octanol–water partition coefficient (Wildman–Crippen LogP) is 1.64. The lowest BCUT2D eigenvalue weighted by atomic mass is 10.2. The van der Waals surface area contributed by atoms with Crippen molar-refractivity contribution in [2.24, 2.45) is 0 Å². The highest BCUT2D eigenvalue weighted by atomic mass is 32.2. The Kier molecular flexibility index (Phi) is 3.93. The zero-order valence-electron chi connectivity index (χ0n) is 10.4. The zero-order valence-corrected chi connectivity index (χ0v) is 11.2. The summed E-state index contributed by atoms with van der Waals surface area (Å²) < 4.78 is 28.8. The van der Waals surface area contributed by atoms with Gasteiger partial charge < -0.3 is 4.74 Å². The quantitative estimate of drug-likeness (QED) is 0.771. The van der Waals surface area contributed by atoms with Crippen molar-refractivity contribution in [3.63, 3.8) is 0 Å². The van der Waals surface area contributed by atoms with Gasteiger partial charge in [0.1, 0.15) is 0 Å². The molecule has 0 aliphatic rings. The third kappa shape index (κ3) is 2.66. The molecule has 0 aliphatic heterocycles. The van der Waals surface area contributed by atoms with E-state index >= 15 is 0 Å². The van der Waals surface area contributed by atoms with Gasteiger partial charge in [0.05, 0.1) is 12.0 Å². The van der Waals surface area contributed by atoms with Gasteiger partial charge in [0, 0.05) is 0 Å². The summed E-state index contributed by atoms with van der Waals surface area (Å²) in [6.07, 6.45) is 0. The molecule has 0 spiro atoms. The van der Waals surface area contributed by atoms with Gasteiger partial charge in [-0.05, 0) is 32.4 Å². The zero-order chi connectivity index (χ0) is 13.2. The van der Waals surface area contributed by atoms with Crippen molar-refractivity contribution in [3.8, 4) is 0 Å². The Balaban J connectivity index is 3.27. The summed E-state index contributed by atoms with van der Waals surface area (Å²) in [5.41, 5.74) is 1.62. The number of methoxy groups -OCH3 is 1. The lowest BCUT2D eigenvalue weighted by Crippen LogP contribution is -2.28. The number of rotatable bonds is 3. The van der Waals surface area contributed by atoms with E-state index in [1.165, 1.54) is 20.1 Å². The van der Waals surface area contributed by atoms with Gasteiger partial charge in [0.2, 0.25) is 0 Å². The van der Waals surface area contributed by atoms with Crippen molar-refractivity contribution >= 4 is 15.8 Å². The van der Waals surface area contributed by atoms with Gasteiger partial charge in [-0.2, -0.15) is 0 Å². The highest BCUT2D eigenvalue weighted by Crippen LogP contribution is 2.21. The molecule has 0 bridgehead atoms. The van der Waals surface area contributed by atoms with Crippen LogP contribution >= 0.6 is 0 Å². The predicted molar refractivity (Wildman–Crippen MR) is 64.6 cm³/mol. The maximum atomic E-state index is 12.2. The van der Waals surface area contributed by atoms with E-state index in [9.17, 15) is 13.2 Å². The van der Waals surface area contributed by atoms with Crippen molar-refractivity contribution in [2.45, 2.75) is 30.9 Å². The summed E-state index contributed by atoms with van der Waals surface area (Å²) in [7, 11) is -2.50. The number of ether oxygens (including phenoxy) is 1. The van der Waals surface area contributed by atoms with Crippen LogP contribution in [0.15, 0.2) is 23.1 Å². The molecule has 1 atom stereocenters. The summed E-state index contributed by atoms with van der Waals surface area (Å²) in [5.74, 6) is -0.745. The van der Waals surface area contributed by atoms with Crippen molar-refractivity contribution < 1.29 is 17.9 Å². The maximum absolute atomic E-state index is 12.2. The van der Waals surface area contributed by atoms with Crippen LogP contribution in [0, 0.1) is 13.8 Å². The second kappa shape index (κ2) is 4.87. The number of sulfone groups is 1. The average molecular weight is 256 g/mol. The van der Waals surface area contributed by atoms with Gasteiger partial charge in [-0.25, -0.2) is 8.42 Å². The molecule has 17 heavy (non-hydrogen) atoms. The van der Waals surface area contributed by atoms with Crippen LogP contribution in [-0.4, -0.2) is 26.7 Å². The molecule has 0 amide bonds. The van der Waals surface area contributed by atoms with Crippen molar-refractivity contribution in [3.05, 3.63) is 29.3 Å². The molecular formula is C12H16O4S. The maximum Gasteiger partial charge on any atom is 0.324 e. The minimum Gasteiger partial charge on any atom is -0.468 e. The average Bonchev–Trinajstić information content (AvgIpc) is 2.26.